The largest absolute Gasteiger partial charge is 0.435 e. The molecular formula is C29H34F2N6O8S. The Labute approximate surface area is 263 Å². The first kappa shape index (κ1) is 34.4. The molecule has 1 fully saturated rings. The number of pyridine rings is 1. The second-order valence-electron chi connectivity index (χ2n) is 10.4. The van der Waals surface area contributed by atoms with Crippen molar-refractivity contribution >= 4 is 27.6 Å². The number of carbonyl (C=O) groups is 3. The van der Waals surface area contributed by atoms with Crippen LogP contribution in [0.4, 0.5) is 13.6 Å². The Balaban J connectivity index is 1.56. The van der Waals surface area contributed by atoms with Gasteiger partial charge in [-0.15, -0.1) is 10.2 Å². The molecule has 3 amide bonds. The molecule has 1 saturated heterocycles. The molecule has 0 bridgehead atoms. The van der Waals surface area contributed by atoms with E-state index in [1.54, 1.807) is 12.1 Å². The zero-order valence-electron chi connectivity index (χ0n) is 24.9. The molecule has 1 aromatic carbocycles. The van der Waals surface area contributed by atoms with Crippen molar-refractivity contribution in [1.29, 1.82) is 0 Å². The highest BCUT2D eigenvalue weighted by Gasteiger charge is 2.34. The van der Waals surface area contributed by atoms with Crippen LogP contribution in [-0.4, -0.2) is 97.0 Å². The van der Waals surface area contributed by atoms with E-state index in [9.17, 15) is 31.6 Å². The Hall–Kier alpha value is -4.51. The number of para-hydroxylation sites is 1. The molecule has 1 unspecified atom stereocenters. The Morgan fingerprint density at radius 3 is 2.43 bits per heavy atom. The van der Waals surface area contributed by atoms with Gasteiger partial charge in [0.15, 0.2) is 9.84 Å². The van der Waals surface area contributed by atoms with E-state index < -0.39 is 57.8 Å². The first-order valence-electron chi connectivity index (χ1n) is 14.5. The SMILES string of the molecule is CCCCC(NC(=O)[C@H](CS(=O)(=O)Cc1ccccc1OC(F)F)NC(=O)N1CCOCC1)C(=O)c1nnc(-c2ccncc2)o1. The minimum Gasteiger partial charge on any atom is -0.435 e. The van der Waals surface area contributed by atoms with E-state index in [4.69, 9.17) is 9.15 Å². The van der Waals surface area contributed by atoms with E-state index in [-0.39, 0.29) is 55.8 Å². The second kappa shape index (κ2) is 16.2. The highest BCUT2D eigenvalue weighted by Crippen LogP contribution is 2.23. The number of morpholine rings is 1. The lowest BCUT2D eigenvalue weighted by Crippen LogP contribution is -2.57. The van der Waals surface area contributed by atoms with Crippen LogP contribution in [0.25, 0.3) is 11.5 Å². The highest BCUT2D eigenvalue weighted by atomic mass is 32.2. The molecule has 0 saturated carbocycles. The topological polar surface area (TPSA) is 183 Å². The van der Waals surface area contributed by atoms with Crippen LogP contribution in [0.5, 0.6) is 5.75 Å². The summed E-state index contributed by atoms with van der Waals surface area (Å²) in [5.41, 5.74) is 0.464. The van der Waals surface area contributed by atoms with Gasteiger partial charge in [-0.05, 0) is 24.6 Å². The van der Waals surface area contributed by atoms with Crippen LogP contribution in [0.3, 0.4) is 0 Å². The summed E-state index contributed by atoms with van der Waals surface area (Å²) in [5, 5.41) is 12.8. The molecular weight excluding hydrogens is 630 g/mol. The first-order chi connectivity index (χ1) is 22.1. The standard InChI is InChI=1S/C29H34F2N6O8S/c1-2-3-7-21(24(38)27-36-35-26(45-27)19-9-11-32-12-10-19)33-25(39)22(34-29(40)37-13-15-43-16-14-37)18-46(41,42)17-20-6-4-5-8-23(20)44-28(30)31/h4-6,8-12,21-22,28H,2-3,7,13-18H2,1H3,(H,33,39)(H,34,40)/t21?,22-/m0/s1. The van der Waals surface area contributed by atoms with Crippen LogP contribution in [0.1, 0.15) is 42.4 Å². The summed E-state index contributed by atoms with van der Waals surface area (Å²) in [6, 6.07) is 5.02. The van der Waals surface area contributed by atoms with E-state index >= 15 is 0 Å². The van der Waals surface area contributed by atoms with Crippen LogP contribution in [0.2, 0.25) is 0 Å². The van der Waals surface area contributed by atoms with Crippen LogP contribution in [0, 0.1) is 0 Å². The van der Waals surface area contributed by atoms with Crippen LogP contribution in [-0.2, 0) is 25.1 Å². The number of unbranched alkanes of at least 4 members (excludes halogenated alkanes) is 1. The molecule has 1 aliphatic rings. The van der Waals surface area contributed by atoms with Crippen molar-refractivity contribution in [2.45, 2.75) is 50.6 Å². The predicted molar refractivity (Wildman–Crippen MR) is 159 cm³/mol. The van der Waals surface area contributed by atoms with Gasteiger partial charge in [0.05, 0.1) is 30.8 Å². The lowest BCUT2D eigenvalue weighted by molar-refractivity contribution is -0.123. The van der Waals surface area contributed by atoms with E-state index in [1.807, 2.05) is 6.92 Å². The zero-order chi connectivity index (χ0) is 33.1. The average molecular weight is 665 g/mol. The summed E-state index contributed by atoms with van der Waals surface area (Å²) in [4.78, 5) is 45.4. The molecule has 248 valence electrons. The summed E-state index contributed by atoms with van der Waals surface area (Å²) in [7, 11) is -4.24. The first-order valence-corrected chi connectivity index (χ1v) is 16.3. The summed E-state index contributed by atoms with van der Waals surface area (Å²) in [6.07, 6.45) is 4.34. The monoisotopic (exact) mass is 664 g/mol. The highest BCUT2D eigenvalue weighted by molar-refractivity contribution is 7.90. The lowest BCUT2D eigenvalue weighted by Gasteiger charge is -2.29. The summed E-state index contributed by atoms with van der Waals surface area (Å²) >= 11 is 0. The van der Waals surface area contributed by atoms with Gasteiger partial charge < -0.3 is 29.4 Å². The van der Waals surface area contributed by atoms with E-state index in [0.717, 1.165) is 0 Å². The number of carbonyl (C=O) groups excluding carboxylic acids is 3. The number of aromatic nitrogens is 3. The fourth-order valence-electron chi connectivity index (χ4n) is 4.61. The molecule has 0 radical (unpaired) electrons. The maximum absolute atomic E-state index is 13.7. The molecule has 3 aromatic rings. The Kier molecular flexibility index (Phi) is 12.1. The molecule has 0 spiro atoms. The summed E-state index contributed by atoms with van der Waals surface area (Å²) in [5.74, 6) is -3.96. The number of alkyl halides is 2. The normalized spacial score (nSPS) is 14.8. The molecule has 2 N–H and O–H groups in total. The van der Waals surface area contributed by atoms with Crippen molar-refractivity contribution in [2.24, 2.45) is 0 Å². The van der Waals surface area contributed by atoms with Gasteiger partial charge in [-0.3, -0.25) is 14.6 Å². The third kappa shape index (κ3) is 9.74. The van der Waals surface area contributed by atoms with E-state index in [1.165, 1.54) is 41.6 Å². The number of sulfone groups is 1. The fourth-order valence-corrected chi connectivity index (χ4v) is 6.18. The third-order valence-electron chi connectivity index (χ3n) is 6.94. The molecule has 3 heterocycles. The predicted octanol–water partition coefficient (Wildman–Crippen LogP) is 2.62. The zero-order valence-corrected chi connectivity index (χ0v) is 25.8. The summed E-state index contributed by atoms with van der Waals surface area (Å²) < 4.78 is 67.8. The fraction of sp³-hybridized carbons (Fsp3) is 0.448. The van der Waals surface area contributed by atoms with Crippen molar-refractivity contribution in [3.63, 3.8) is 0 Å². The number of urea groups is 1. The quantitative estimate of drug-likeness (QED) is 0.228. The maximum Gasteiger partial charge on any atom is 0.387 e. The average Bonchev–Trinajstić information content (AvgIpc) is 3.54. The number of nitrogens with one attached hydrogen (secondary N) is 2. The number of Topliss-reactive ketones (excluding diaryl/α,β-unsaturated/α-hetero) is 1. The van der Waals surface area contributed by atoms with Gasteiger partial charge in [0, 0.05) is 36.6 Å². The number of benzene rings is 1. The Morgan fingerprint density at radius 2 is 1.74 bits per heavy atom. The third-order valence-corrected chi connectivity index (χ3v) is 8.53. The van der Waals surface area contributed by atoms with Gasteiger partial charge >= 0.3 is 12.6 Å². The number of halogens is 2. The molecule has 46 heavy (non-hydrogen) atoms. The van der Waals surface area contributed by atoms with Gasteiger partial charge in [-0.1, -0.05) is 38.0 Å². The minimum atomic E-state index is -4.24. The second-order valence-corrected chi connectivity index (χ2v) is 12.5. The Bertz CT molecular complexity index is 1590. The Morgan fingerprint density at radius 1 is 1.02 bits per heavy atom. The van der Waals surface area contributed by atoms with Crippen molar-refractivity contribution in [3.05, 3.63) is 60.2 Å². The number of hydrogen-bond donors (Lipinski definition) is 2. The molecule has 14 nitrogen and oxygen atoms in total. The van der Waals surface area contributed by atoms with Crippen LogP contribution < -0.4 is 15.4 Å². The van der Waals surface area contributed by atoms with Crippen molar-refractivity contribution in [2.75, 3.05) is 32.1 Å². The molecule has 1 aliphatic heterocycles. The smallest absolute Gasteiger partial charge is 0.387 e. The van der Waals surface area contributed by atoms with Crippen molar-refractivity contribution in [1.82, 2.24) is 30.7 Å². The van der Waals surface area contributed by atoms with Crippen LogP contribution >= 0.6 is 0 Å². The van der Waals surface area contributed by atoms with Gasteiger partial charge in [-0.25, -0.2) is 13.2 Å². The van der Waals surface area contributed by atoms with Crippen LogP contribution in [0.15, 0.2) is 53.2 Å². The minimum absolute atomic E-state index is 0.0566. The van der Waals surface area contributed by atoms with Gasteiger partial charge in [0.1, 0.15) is 11.8 Å². The molecule has 4 rings (SSSR count). The van der Waals surface area contributed by atoms with Crippen molar-refractivity contribution < 1.29 is 45.5 Å². The van der Waals surface area contributed by atoms with E-state index in [2.05, 4.69) is 30.6 Å². The van der Waals surface area contributed by atoms with Gasteiger partial charge in [0.2, 0.25) is 17.6 Å². The lowest BCUT2D eigenvalue weighted by atomic mass is 10.0. The number of ketones is 1. The number of ether oxygens (including phenoxy) is 2. The van der Waals surface area contributed by atoms with Gasteiger partial charge in [0.25, 0.3) is 5.89 Å². The molecule has 2 aromatic heterocycles. The summed E-state index contributed by atoms with van der Waals surface area (Å²) in [6.45, 7) is -0.386. The molecule has 17 heteroatoms. The van der Waals surface area contributed by atoms with E-state index in [0.29, 0.717) is 18.4 Å². The number of amides is 3. The molecule has 2 atom stereocenters. The van der Waals surface area contributed by atoms with Gasteiger partial charge in [-0.2, -0.15) is 8.78 Å². The van der Waals surface area contributed by atoms with Crippen molar-refractivity contribution in [3.8, 4) is 17.2 Å². The number of rotatable bonds is 15. The number of nitrogens with zero attached hydrogens (tertiary/aromatic N) is 4. The number of hydrogen-bond acceptors (Lipinski definition) is 11. The molecule has 0 aliphatic carbocycles. The maximum atomic E-state index is 13.7.